The molecule has 0 bridgehead atoms. The monoisotopic (exact) mass is 239 g/mol. The molecule has 0 radical (unpaired) electrons. The Morgan fingerprint density at radius 1 is 1.38 bits per heavy atom. The van der Waals surface area contributed by atoms with Crippen LogP contribution in [0.15, 0.2) is 24.3 Å². The summed E-state index contributed by atoms with van der Waals surface area (Å²) in [5.74, 6) is -0.951. The van der Waals surface area contributed by atoms with Crippen molar-refractivity contribution in [2.24, 2.45) is 5.92 Å². The number of carbonyl (C=O) groups is 1. The van der Waals surface area contributed by atoms with Gasteiger partial charge in [-0.2, -0.15) is 0 Å². The molecule has 1 aromatic rings. The van der Waals surface area contributed by atoms with Crippen molar-refractivity contribution in [3.05, 3.63) is 34.9 Å². The molecule has 1 heterocycles. The molecule has 0 aromatic heterocycles. The van der Waals surface area contributed by atoms with Gasteiger partial charge in [-0.25, -0.2) is 0 Å². The van der Waals surface area contributed by atoms with Gasteiger partial charge in [-0.15, -0.1) is 0 Å². The van der Waals surface area contributed by atoms with Gasteiger partial charge in [0, 0.05) is 17.5 Å². The van der Waals surface area contributed by atoms with Crippen molar-refractivity contribution >= 4 is 17.6 Å². The summed E-state index contributed by atoms with van der Waals surface area (Å²) in [5.41, 5.74) is 1.05. The number of halogens is 1. The Hall–Kier alpha value is -1.06. The molecule has 2 N–H and O–H groups in total. The van der Waals surface area contributed by atoms with Crippen LogP contribution in [0.3, 0.4) is 0 Å². The first-order valence-electron chi connectivity index (χ1n) is 5.37. The average Bonchev–Trinajstić information content (AvgIpc) is 2.30. The van der Waals surface area contributed by atoms with Crippen molar-refractivity contribution < 1.29 is 9.90 Å². The minimum atomic E-state index is -0.707. The highest BCUT2D eigenvalue weighted by molar-refractivity contribution is 6.30. The van der Waals surface area contributed by atoms with Crippen LogP contribution in [0.25, 0.3) is 0 Å². The predicted octanol–water partition coefficient (Wildman–Crippen LogP) is 2.12. The average molecular weight is 240 g/mol. The lowest BCUT2D eigenvalue weighted by Crippen LogP contribution is -2.38. The Bertz CT molecular complexity index is 377. The van der Waals surface area contributed by atoms with Gasteiger partial charge < -0.3 is 10.4 Å². The SMILES string of the molecule is O=C(O)C1CCNCC1c1ccc(Cl)cc1. The van der Waals surface area contributed by atoms with Gasteiger partial charge in [0.2, 0.25) is 0 Å². The zero-order chi connectivity index (χ0) is 11.5. The van der Waals surface area contributed by atoms with Gasteiger partial charge in [0.05, 0.1) is 5.92 Å². The van der Waals surface area contributed by atoms with Crippen LogP contribution in [0.2, 0.25) is 5.02 Å². The van der Waals surface area contributed by atoms with E-state index >= 15 is 0 Å². The van der Waals surface area contributed by atoms with Crippen molar-refractivity contribution in [2.45, 2.75) is 12.3 Å². The molecule has 4 heteroatoms. The number of hydrogen-bond acceptors (Lipinski definition) is 2. The molecule has 0 amide bonds. The molecule has 1 aliphatic heterocycles. The van der Waals surface area contributed by atoms with E-state index < -0.39 is 5.97 Å². The molecule has 16 heavy (non-hydrogen) atoms. The number of rotatable bonds is 2. The summed E-state index contributed by atoms with van der Waals surface area (Å²) >= 11 is 5.82. The van der Waals surface area contributed by atoms with Crippen LogP contribution in [0.1, 0.15) is 17.9 Å². The van der Waals surface area contributed by atoms with Gasteiger partial charge in [-0.3, -0.25) is 4.79 Å². The van der Waals surface area contributed by atoms with E-state index in [-0.39, 0.29) is 11.8 Å². The molecule has 1 fully saturated rings. The van der Waals surface area contributed by atoms with Crippen molar-refractivity contribution in [1.29, 1.82) is 0 Å². The van der Waals surface area contributed by atoms with E-state index in [1.165, 1.54) is 0 Å². The number of aliphatic carboxylic acids is 1. The fourth-order valence-electron chi connectivity index (χ4n) is 2.21. The van der Waals surface area contributed by atoms with E-state index in [2.05, 4.69) is 5.32 Å². The number of benzene rings is 1. The van der Waals surface area contributed by atoms with Gasteiger partial charge in [0.1, 0.15) is 0 Å². The first-order valence-corrected chi connectivity index (χ1v) is 5.75. The summed E-state index contributed by atoms with van der Waals surface area (Å²) < 4.78 is 0. The number of carboxylic acid groups (broad SMARTS) is 1. The molecule has 1 aromatic carbocycles. The Balaban J connectivity index is 2.23. The van der Waals surface area contributed by atoms with Crippen LogP contribution in [0.5, 0.6) is 0 Å². The van der Waals surface area contributed by atoms with E-state index in [0.717, 1.165) is 18.7 Å². The van der Waals surface area contributed by atoms with Crippen molar-refractivity contribution in [2.75, 3.05) is 13.1 Å². The quantitative estimate of drug-likeness (QED) is 0.831. The maximum Gasteiger partial charge on any atom is 0.307 e. The second kappa shape index (κ2) is 4.85. The van der Waals surface area contributed by atoms with Crippen molar-refractivity contribution in [3.63, 3.8) is 0 Å². The Kier molecular flexibility index (Phi) is 3.46. The lowest BCUT2D eigenvalue weighted by Gasteiger charge is -2.29. The summed E-state index contributed by atoms with van der Waals surface area (Å²) in [4.78, 5) is 11.2. The van der Waals surface area contributed by atoms with Gasteiger partial charge in [0.15, 0.2) is 0 Å². The molecule has 0 aliphatic carbocycles. The standard InChI is InChI=1S/C12H14ClNO2/c13-9-3-1-8(2-4-9)11-7-14-6-5-10(11)12(15)16/h1-4,10-11,14H,5-7H2,(H,15,16). The van der Waals surface area contributed by atoms with E-state index in [1.54, 1.807) is 0 Å². The molecule has 1 aliphatic rings. The third-order valence-electron chi connectivity index (χ3n) is 3.10. The normalized spacial score (nSPS) is 25.3. The van der Waals surface area contributed by atoms with Gasteiger partial charge in [0.25, 0.3) is 0 Å². The van der Waals surface area contributed by atoms with Gasteiger partial charge >= 0.3 is 5.97 Å². The first-order chi connectivity index (χ1) is 7.68. The second-order valence-corrected chi connectivity index (χ2v) is 4.53. The lowest BCUT2D eigenvalue weighted by atomic mass is 9.81. The fourth-order valence-corrected chi connectivity index (χ4v) is 2.34. The number of piperidine rings is 1. The molecule has 1 saturated heterocycles. The van der Waals surface area contributed by atoms with E-state index in [0.29, 0.717) is 11.4 Å². The summed E-state index contributed by atoms with van der Waals surface area (Å²) in [7, 11) is 0. The second-order valence-electron chi connectivity index (χ2n) is 4.10. The maximum atomic E-state index is 11.2. The molecule has 2 unspecified atom stereocenters. The topological polar surface area (TPSA) is 49.3 Å². The zero-order valence-corrected chi connectivity index (χ0v) is 9.57. The van der Waals surface area contributed by atoms with Crippen LogP contribution in [-0.4, -0.2) is 24.2 Å². The molecule has 2 rings (SSSR count). The van der Waals surface area contributed by atoms with Crippen LogP contribution in [0.4, 0.5) is 0 Å². The minimum Gasteiger partial charge on any atom is -0.481 e. The summed E-state index contributed by atoms with van der Waals surface area (Å²) in [6, 6.07) is 7.45. The van der Waals surface area contributed by atoms with E-state index in [9.17, 15) is 9.90 Å². The Morgan fingerprint density at radius 3 is 2.69 bits per heavy atom. The highest BCUT2D eigenvalue weighted by Crippen LogP contribution is 2.30. The number of nitrogens with one attached hydrogen (secondary N) is 1. The molecule has 3 nitrogen and oxygen atoms in total. The predicted molar refractivity (Wildman–Crippen MR) is 62.8 cm³/mol. The summed E-state index contributed by atoms with van der Waals surface area (Å²) in [6.07, 6.45) is 0.683. The van der Waals surface area contributed by atoms with Crippen LogP contribution in [-0.2, 0) is 4.79 Å². The van der Waals surface area contributed by atoms with Crippen LogP contribution in [0, 0.1) is 5.92 Å². The largest absolute Gasteiger partial charge is 0.481 e. The van der Waals surface area contributed by atoms with Crippen LogP contribution >= 0.6 is 11.6 Å². The highest BCUT2D eigenvalue weighted by atomic mass is 35.5. The van der Waals surface area contributed by atoms with Crippen molar-refractivity contribution in [1.82, 2.24) is 5.32 Å². The van der Waals surface area contributed by atoms with E-state index in [1.807, 2.05) is 24.3 Å². The highest BCUT2D eigenvalue weighted by Gasteiger charge is 2.31. The smallest absolute Gasteiger partial charge is 0.307 e. The molecular weight excluding hydrogens is 226 g/mol. The van der Waals surface area contributed by atoms with Crippen molar-refractivity contribution in [3.8, 4) is 0 Å². The lowest BCUT2D eigenvalue weighted by molar-refractivity contribution is -0.143. The Morgan fingerprint density at radius 2 is 2.06 bits per heavy atom. The summed E-state index contributed by atoms with van der Waals surface area (Å²) in [6.45, 7) is 1.50. The summed E-state index contributed by atoms with van der Waals surface area (Å²) in [5, 5.41) is 13.1. The Labute approximate surface area is 99.4 Å². The van der Waals surface area contributed by atoms with E-state index in [4.69, 9.17) is 11.6 Å². The molecular formula is C12H14ClNO2. The zero-order valence-electron chi connectivity index (χ0n) is 8.82. The molecule has 2 atom stereocenters. The molecule has 0 saturated carbocycles. The van der Waals surface area contributed by atoms with Crippen LogP contribution < -0.4 is 5.32 Å². The fraction of sp³-hybridized carbons (Fsp3) is 0.417. The third kappa shape index (κ3) is 2.36. The minimum absolute atomic E-state index is 0.0449. The third-order valence-corrected chi connectivity index (χ3v) is 3.35. The molecule has 86 valence electrons. The number of hydrogen-bond donors (Lipinski definition) is 2. The maximum absolute atomic E-state index is 11.2. The van der Waals surface area contributed by atoms with Gasteiger partial charge in [-0.1, -0.05) is 23.7 Å². The first kappa shape index (κ1) is 11.4. The molecule has 0 spiro atoms. The number of carboxylic acids is 1. The van der Waals surface area contributed by atoms with Gasteiger partial charge in [-0.05, 0) is 30.7 Å².